The summed E-state index contributed by atoms with van der Waals surface area (Å²) in [6, 6.07) is 36.4. The van der Waals surface area contributed by atoms with E-state index < -0.39 is 0 Å². The van der Waals surface area contributed by atoms with Gasteiger partial charge in [-0.25, -0.2) is 9.48 Å². The molecule has 0 unspecified atom stereocenters. The number of hydrogen-bond donors (Lipinski definition) is 0. The van der Waals surface area contributed by atoms with E-state index >= 15 is 0 Å². The molecule has 212 valence electrons. The smallest absolute Gasteiger partial charge is 0.221 e. The molecule has 2 atom stereocenters. The van der Waals surface area contributed by atoms with Crippen molar-refractivity contribution in [1.29, 1.82) is 0 Å². The minimum atomic E-state index is 0.108. The van der Waals surface area contributed by atoms with Gasteiger partial charge in [-0.05, 0) is 23.7 Å². The first-order valence-corrected chi connectivity index (χ1v) is 15.5. The van der Waals surface area contributed by atoms with E-state index in [2.05, 4.69) is 168 Å². The van der Waals surface area contributed by atoms with Gasteiger partial charge in [0.1, 0.15) is 11.4 Å². The Bertz CT molecular complexity index is 1440. The van der Waals surface area contributed by atoms with Gasteiger partial charge in [0.15, 0.2) is 12.1 Å². The quantitative estimate of drug-likeness (QED) is 0.200. The lowest BCUT2D eigenvalue weighted by molar-refractivity contribution is -0.482. The van der Waals surface area contributed by atoms with Gasteiger partial charge in [0.2, 0.25) is 6.34 Å². The second-order valence-corrected chi connectivity index (χ2v) is 12.8. The second kappa shape index (κ2) is 12.1. The Balaban J connectivity index is 1.90. The van der Waals surface area contributed by atoms with Crippen LogP contribution in [0, 0.1) is 0 Å². The highest BCUT2D eigenvalue weighted by atomic mass is 15.3. The minimum Gasteiger partial charge on any atom is -0.221 e. The van der Waals surface area contributed by atoms with Crippen LogP contribution in [0.1, 0.15) is 125 Å². The lowest BCUT2D eigenvalue weighted by atomic mass is 9.87. The van der Waals surface area contributed by atoms with Gasteiger partial charge in [0.25, 0.3) is 0 Å². The highest BCUT2D eigenvalue weighted by Crippen LogP contribution is 2.50. The van der Waals surface area contributed by atoms with E-state index in [4.69, 9.17) is 0 Å². The van der Waals surface area contributed by atoms with Crippen molar-refractivity contribution >= 4 is 17.7 Å². The SMILES string of the molecule is CC(C)c1cccc(C(C)C)c1N1C=[N+](c2c(C(C)C)cccc2C(C)C)[C@@H](c2ccccc2)[C@@H]1c1ccccc1. The fourth-order valence-corrected chi connectivity index (χ4v) is 6.58. The number of para-hydroxylation sites is 2. The van der Waals surface area contributed by atoms with Gasteiger partial charge in [-0.3, -0.25) is 0 Å². The number of anilines is 1. The summed E-state index contributed by atoms with van der Waals surface area (Å²) in [4.78, 5) is 2.62. The van der Waals surface area contributed by atoms with E-state index in [9.17, 15) is 0 Å². The maximum Gasteiger partial charge on any atom is 0.245 e. The Hall–Kier alpha value is -3.65. The summed E-state index contributed by atoms with van der Waals surface area (Å²) in [6.45, 7) is 18.6. The van der Waals surface area contributed by atoms with Crippen molar-refractivity contribution in [3.8, 4) is 0 Å². The molecule has 0 aromatic heterocycles. The molecule has 2 heteroatoms. The summed E-state index contributed by atoms with van der Waals surface area (Å²) in [5, 5.41) is 0. The molecule has 0 amide bonds. The van der Waals surface area contributed by atoms with Crippen LogP contribution in [0.3, 0.4) is 0 Å². The van der Waals surface area contributed by atoms with Gasteiger partial charge >= 0.3 is 0 Å². The Labute approximate surface area is 248 Å². The monoisotopic (exact) mass is 543 g/mol. The summed E-state index contributed by atoms with van der Waals surface area (Å²) in [7, 11) is 0. The Morgan fingerprint density at radius 1 is 0.488 bits per heavy atom. The maximum atomic E-state index is 2.62. The van der Waals surface area contributed by atoms with Gasteiger partial charge in [-0.15, -0.1) is 0 Å². The molecule has 1 heterocycles. The van der Waals surface area contributed by atoms with Crippen LogP contribution in [-0.4, -0.2) is 10.9 Å². The first kappa shape index (κ1) is 28.9. The van der Waals surface area contributed by atoms with E-state index in [0.29, 0.717) is 23.7 Å². The van der Waals surface area contributed by atoms with Crippen LogP contribution in [0.2, 0.25) is 0 Å². The fraction of sp³-hybridized carbons (Fsp3) is 0.359. The standard InChI is InChI=1S/C39H47N2/c1-26(2)32-21-15-22-33(27(3)4)38(32)40-25-41(39-34(28(5)6)23-16-24-35(39)29(7)8)37(31-19-13-10-14-20-31)36(40)30-17-11-9-12-18-30/h9-29,36-37H,1-8H3/q+1/t36-,37-/m0/s1. The van der Waals surface area contributed by atoms with Gasteiger partial charge in [0.05, 0.1) is 0 Å². The van der Waals surface area contributed by atoms with Gasteiger partial charge in [-0.1, -0.05) is 152 Å². The average molecular weight is 544 g/mol. The van der Waals surface area contributed by atoms with Gasteiger partial charge in [-0.2, -0.15) is 0 Å². The Morgan fingerprint density at radius 3 is 1.34 bits per heavy atom. The molecule has 1 aliphatic heterocycles. The summed E-state index contributed by atoms with van der Waals surface area (Å²) in [5.74, 6) is 1.64. The van der Waals surface area contributed by atoms with Crippen molar-refractivity contribution in [1.82, 2.24) is 0 Å². The Kier molecular flexibility index (Phi) is 8.50. The molecule has 4 aromatic carbocycles. The zero-order valence-corrected chi connectivity index (χ0v) is 26.2. The number of benzene rings is 4. The summed E-state index contributed by atoms with van der Waals surface area (Å²) in [5.41, 5.74) is 11.0. The van der Waals surface area contributed by atoms with Crippen LogP contribution < -0.4 is 4.90 Å². The van der Waals surface area contributed by atoms with E-state index in [-0.39, 0.29) is 12.1 Å². The van der Waals surface area contributed by atoms with E-state index in [1.165, 1.54) is 44.8 Å². The van der Waals surface area contributed by atoms with Crippen molar-refractivity contribution in [3.05, 3.63) is 130 Å². The van der Waals surface area contributed by atoms with Crippen molar-refractivity contribution in [2.24, 2.45) is 0 Å². The van der Waals surface area contributed by atoms with Gasteiger partial charge < -0.3 is 0 Å². The third-order valence-electron chi connectivity index (χ3n) is 8.63. The van der Waals surface area contributed by atoms with Crippen molar-refractivity contribution in [2.45, 2.75) is 91.1 Å². The lowest BCUT2D eigenvalue weighted by Crippen LogP contribution is -2.28. The van der Waals surface area contributed by atoms with E-state index in [1.807, 2.05) is 0 Å². The highest BCUT2D eigenvalue weighted by Gasteiger charge is 2.48. The van der Waals surface area contributed by atoms with Crippen molar-refractivity contribution in [2.75, 3.05) is 4.90 Å². The molecule has 41 heavy (non-hydrogen) atoms. The molecule has 0 fully saturated rings. The molecular formula is C39H47N2+. The highest BCUT2D eigenvalue weighted by molar-refractivity contribution is 5.84. The van der Waals surface area contributed by atoms with Crippen LogP contribution in [0.25, 0.3) is 0 Å². The molecule has 0 radical (unpaired) electrons. The molecule has 0 saturated heterocycles. The molecule has 0 spiro atoms. The third-order valence-corrected chi connectivity index (χ3v) is 8.63. The average Bonchev–Trinajstić information content (AvgIpc) is 3.37. The molecule has 0 aliphatic carbocycles. The number of hydrogen-bond acceptors (Lipinski definition) is 1. The number of rotatable bonds is 8. The first-order valence-electron chi connectivity index (χ1n) is 15.5. The zero-order chi connectivity index (χ0) is 29.3. The predicted molar refractivity (Wildman–Crippen MR) is 176 cm³/mol. The molecule has 0 bridgehead atoms. The fourth-order valence-electron chi connectivity index (χ4n) is 6.58. The molecular weight excluding hydrogens is 496 g/mol. The first-order chi connectivity index (χ1) is 19.7. The molecule has 1 aliphatic rings. The minimum absolute atomic E-state index is 0.108. The summed E-state index contributed by atoms with van der Waals surface area (Å²) in [6.07, 6.45) is 2.45. The van der Waals surface area contributed by atoms with Crippen LogP contribution in [0.15, 0.2) is 97.1 Å². The molecule has 2 nitrogen and oxygen atoms in total. The molecule has 0 N–H and O–H groups in total. The van der Waals surface area contributed by atoms with Crippen LogP contribution in [0.4, 0.5) is 11.4 Å². The Morgan fingerprint density at radius 2 is 0.902 bits per heavy atom. The number of nitrogens with zero attached hydrogens (tertiary/aromatic N) is 2. The van der Waals surface area contributed by atoms with Crippen LogP contribution >= 0.6 is 0 Å². The summed E-state index contributed by atoms with van der Waals surface area (Å²) < 4.78 is 2.62. The maximum absolute atomic E-state index is 2.62. The van der Waals surface area contributed by atoms with Crippen molar-refractivity contribution < 1.29 is 4.58 Å². The largest absolute Gasteiger partial charge is 0.245 e. The zero-order valence-electron chi connectivity index (χ0n) is 26.2. The summed E-state index contributed by atoms with van der Waals surface area (Å²) >= 11 is 0. The molecule has 5 rings (SSSR count). The molecule has 4 aromatic rings. The van der Waals surface area contributed by atoms with Gasteiger partial charge in [0, 0.05) is 33.4 Å². The van der Waals surface area contributed by atoms with Crippen LogP contribution in [-0.2, 0) is 0 Å². The third kappa shape index (κ3) is 5.49. The van der Waals surface area contributed by atoms with E-state index in [0.717, 1.165) is 0 Å². The normalized spacial score (nSPS) is 17.3. The topological polar surface area (TPSA) is 6.25 Å². The van der Waals surface area contributed by atoms with E-state index in [1.54, 1.807) is 0 Å². The van der Waals surface area contributed by atoms with Crippen LogP contribution in [0.5, 0.6) is 0 Å². The molecule has 0 saturated carbocycles. The second-order valence-electron chi connectivity index (χ2n) is 12.8. The lowest BCUT2D eigenvalue weighted by Gasteiger charge is -2.29. The predicted octanol–water partition coefficient (Wildman–Crippen LogP) is 10.9. The van der Waals surface area contributed by atoms with Crippen molar-refractivity contribution in [3.63, 3.8) is 0 Å².